The van der Waals surface area contributed by atoms with Crippen LogP contribution in [0.5, 0.6) is 0 Å². The average Bonchev–Trinajstić information content (AvgIpc) is 2.77. The Morgan fingerprint density at radius 3 is 2.39 bits per heavy atom. The van der Waals surface area contributed by atoms with Crippen LogP contribution in [0.15, 0.2) is 64.9 Å². The van der Waals surface area contributed by atoms with Crippen LogP contribution in [0.25, 0.3) is 6.08 Å². The van der Waals surface area contributed by atoms with Crippen LogP contribution in [0.4, 0.5) is 0 Å². The Morgan fingerprint density at radius 1 is 1.00 bits per heavy atom. The highest BCUT2D eigenvalue weighted by Crippen LogP contribution is 2.33. The van der Waals surface area contributed by atoms with Crippen molar-refractivity contribution in [2.75, 3.05) is 5.75 Å². The van der Waals surface area contributed by atoms with E-state index in [0.29, 0.717) is 5.56 Å². The molecule has 0 saturated carbocycles. The molecular weight excluding hydrogens is 334 g/mol. The van der Waals surface area contributed by atoms with Gasteiger partial charge in [-0.25, -0.2) is 21.6 Å². The lowest BCUT2D eigenvalue weighted by Gasteiger charge is -2.10. The zero-order valence-electron chi connectivity index (χ0n) is 12.1. The molecule has 1 aliphatic heterocycles. The Hall–Kier alpha value is -1.96. The zero-order chi connectivity index (χ0) is 16.5. The first-order valence-corrected chi connectivity index (χ1v) is 10.1. The van der Waals surface area contributed by atoms with Crippen LogP contribution >= 0.6 is 0 Å². The highest BCUT2D eigenvalue weighted by atomic mass is 32.2. The minimum atomic E-state index is -3.75. The Balaban J connectivity index is 1.84. The van der Waals surface area contributed by atoms with Crippen molar-refractivity contribution >= 4 is 25.9 Å². The maximum absolute atomic E-state index is 12.2. The van der Waals surface area contributed by atoms with Crippen molar-refractivity contribution in [3.8, 4) is 0 Å². The van der Waals surface area contributed by atoms with E-state index < -0.39 is 25.9 Å². The highest BCUT2D eigenvalue weighted by molar-refractivity contribution is 7.93. The SMILES string of the molecule is O=S(=O)(C=Cc1ccccc1)NC1CS(=O)(=O)c2ccccc21. The lowest BCUT2D eigenvalue weighted by atomic mass is 10.1. The predicted molar refractivity (Wildman–Crippen MR) is 88.8 cm³/mol. The molecule has 5 nitrogen and oxygen atoms in total. The van der Waals surface area contributed by atoms with Gasteiger partial charge in [-0.15, -0.1) is 0 Å². The van der Waals surface area contributed by atoms with Crippen molar-refractivity contribution in [3.05, 3.63) is 71.1 Å². The minimum absolute atomic E-state index is 0.194. The number of benzene rings is 2. The molecule has 0 saturated heterocycles. The van der Waals surface area contributed by atoms with E-state index in [1.165, 1.54) is 12.1 Å². The van der Waals surface area contributed by atoms with Gasteiger partial charge in [-0.1, -0.05) is 48.5 Å². The second-order valence-corrected chi connectivity index (χ2v) is 8.85. The quantitative estimate of drug-likeness (QED) is 0.917. The van der Waals surface area contributed by atoms with Gasteiger partial charge in [0.25, 0.3) is 0 Å². The smallest absolute Gasteiger partial charge is 0.224 e. The van der Waals surface area contributed by atoms with Gasteiger partial charge in [0.15, 0.2) is 9.84 Å². The van der Waals surface area contributed by atoms with Crippen LogP contribution in [-0.4, -0.2) is 22.6 Å². The number of nitrogens with one attached hydrogen (secondary N) is 1. The lowest BCUT2D eigenvalue weighted by Crippen LogP contribution is -2.27. The second kappa shape index (κ2) is 5.92. The monoisotopic (exact) mass is 349 g/mol. The van der Waals surface area contributed by atoms with Crippen LogP contribution in [0.3, 0.4) is 0 Å². The van der Waals surface area contributed by atoms with Crippen LogP contribution in [0.2, 0.25) is 0 Å². The average molecular weight is 349 g/mol. The first kappa shape index (κ1) is 15.9. The molecule has 0 radical (unpaired) electrons. The van der Waals surface area contributed by atoms with E-state index in [9.17, 15) is 16.8 Å². The Morgan fingerprint density at radius 2 is 1.65 bits per heavy atom. The van der Waals surface area contributed by atoms with E-state index in [-0.39, 0.29) is 10.6 Å². The van der Waals surface area contributed by atoms with E-state index in [2.05, 4.69) is 4.72 Å². The summed E-state index contributed by atoms with van der Waals surface area (Å²) in [5, 5.41) is 1.05. The summed E-state index contributed by atoms with van der Waals surface area (Å²) in [5.41, 5.74) is 1.24. The summed E-state index contributed by atoms with van der Waals surface area (Å²) in [6.07, 6.45) is 1.47. The fourth-order valence-corrected chi connectivity index (χ4v) is 5.38. The first-order valence-electron chi connectivity index (χ1n) is 6.94. The third-order valence-corrected chi connectivity index (χ3v) is 6.48. The van der Waals surface area contributed by atoms with Gasteiger partial charge in [-0.3, -0.25) is 0 Å². The van der Waals surface area contributed by atoms with E-state index in [1.54, 1.807) is 42.5 Å². The fraction of sp³-hybridized carbons (Fsp3) is 0.125. The summed E-state index contributed by atoms with van der Waals surface area (Å²) < 4.78 is 51.0. The summed E-state index contributed by atoms with van der Waals surface area (Å²) in [6, 6.07) is 14.7. The third kappa shape index (κ3) is 3.52. The Labute approximate surface area is 135 Å². The lowest BCUT2D eigenvalue weighted by molar-refractivity contribution is 0.574. The summed E-state index contributed by atoms with van der Waals surface area (Å²) >= 11 is 0. The van der Waals surface area contributed by atoms with Gasteiger partial charge in [-0.05, 0) is 23.3 Å². The Kier molecular flexibility index (Phi) is 4.09. The molecule has 1 N–H and O–H groups in total. The second-order valence-electron chi connectivity index (χ2n) is 5.25. The maximum atomic E-state index is 12.2. The van der Waals surface area contributed by atoms with Gasteiger partial charge in [-0.2, -0.15) is 0 Å². The summed E-state index contributed by atoms with van der Waals surface area (Å²) in [6.45, 7) is 0. The zero-order valence-corrected chi connectivity index (χ0v) is 13.7. The van der Waals surface area contributed by atoms with Crippen LogP contribution in [0, 0.1) is 0 Å². The molecule has 120 valence electrons. The number of hydrogen-bond donors (Lipinski definition) is 1. The van der Waals surface area contributed by atoms with Crippen molar-refractivity contribution in [2.45, 2.75) is 10.9 Å². The van der Waals surface area contributed by atoms with Crippen molar-refractivity contribution < 1.29 is 16.8 Å². The molecule has 0 amide bonds. The van der Waals surface area contributed by atoms with Crippen LogP contribution in [0.1, 0.15) is 17.2 Å². The van der Waals surface area contributed by atoms with E-state index >= 15 is 0 Å². The summed E-state index contributed by atoms with van der Waals surface area (Å²) in [5.74, 6) is -0.259. The first-order chi connectivity index (χ1) is 10.9. The molecule has 23 heavy (non-hydrogen) atoms. The predicted octanol–water partition coefficient (Wildman–Crippen LogP) is 2.11. The van der Waals surface area contributed by atoms with Gasteiger partial charge in [0.1, 0.15) is 0 Å². The van der Waals surface area contributed by atoms with Crippen molar-refractivity contribution in [1.82, 2.24) is 4.72 Å². The van der Waals surface area contributed by atoms with E-state index in [0.717, 1.165) is 11.0 Å². The molecular formula is C16H15NO4S2. The molecule has 0 aliphatic carbocycles. The Bertz CT molecular complexity index is 949. The molecule has 0 aromatic heterocycles. The molecule has 0 spiro atoms. The topological polar surface area (TPSA) is 80.3 Å². The number of rotatable bonds is 4. The molecule has 2 aromatic rings. The van der Waals surface area contributed by atoms with Crippen molar-refractivity contribution in [2.24, 2.45) is 0 Å². The molecule has 1 heterocycles. The standard InChI is InChI=1S/C16H15NO4S2/c18-22(19)12-15(14-8-4-5-9-16(14)22)17-23(20,21)11-10-13-6-2-1-3-7-13/h1-11,15,17H,12H2. The number of hydrogen-bond acceptors (Lipinski definition) is 4. The summed E-state index contributed by atoms with van der Waals surface area (Å²) in [4.78, 5) is 0.194. The highest BCUT2D eigenvalue weighted by Gasteiger charge is 2.35. The van der Waals surface area contributed by atoms with Gasteiger partial charge >= 0.3 is 0 Å². The number of fused-ring (bicyclic) bond motifs is 1. The molecule has 3 rings (SSSR count). The maximum Gasteiger partial charge on any atom is 0.234 e. The largest absolute Gasteiger partial charge is 0.234 e. The van der Waals surface area contributed by atoms with Gasteiger partial charge in [0, 0.05) is 5.41 Å². The molecule has 0 fully saturated rings. The van der Waals surface area contributed by atoms with E-state index in [4.69, 9.17) is 0 Å². The van der Waals surface area contributed by atoms with Crippen LogP contribution < -0.4 is 4.72 Å². The third-order valence-electron chi connectivity index (χ3n) is 3.56. The molecule has 1 atom stereocenters. The van der Waals surface area contributed by atoms with Crippen LogP contribution in [-0.2, 0) is 19.9 Å². The van der Waals surface area contributed by atoms with Gasteiger partial charge in [0.2, 0.25) is 10.0 Å². The molecule has 7 heteroatoms. The molecule has 1 aliphatic rings. The normalized spacial score (nSPS) is 19.7. The molecule has 2 aromatic carbocycles. The number of sulfonamides is 1. The summed E-state index contributed by atoms with van der Waals surface area (Å²) in [7, 11) is -7.20. The van der Waals surface area contributed by atoms with Crippen molar-refractivity contribution in [1.29, 1.82) is 0 Å². The fourth-order valence-electron chi connectivity index (χ4n) is 2.52. The van der Waals surface area contributed by atoms with Gasteiger partial charge < -0.3 is 0 Å². The molecule has 0 bridgehead atoms. The minimum Gasteiger partial charge on any atom is -0.224 e. The molecule has 1 unspecified atom stereocenters. The van der Waals surface area contributed by atoms with Gasteiger partial charge in [0.05, 0.1) is 16.7 Å². The number of sulfone groups is 1. The van der Waals surface area contributed by atoms with E-state index in [1.807, 2.05) is 6.07 Å². The van der Waals surface area contributed by atoms with Crippen molar-refractivity contribution in [3.63, 3.8) is 0 Å².